The smallest absolute Gasteiger partial charge is 0.417 e. The normalized spacial score (nSPS) is 17.2. The summed E-state index contributed by atoms with van der Waals surface area (Å²) in [5.74, 6) is -1.62. The average Bonchev–Trinajstić information content (AvgIpc) is 2.54. The fourth-order valence-electron chi connectivity index (χ4n) is 1.83. The third-order valence-electron chi connectivity index (χ3n) is 2.73. The van der Waals surface area contributed by atoms with Crippen LogP contribution in [0.4, 0.5) is 13.2 Å². The zero-order chi connectivity index (χ0) is 15.3. The van der Waals surface area contributed by atoms with Gasteiger partial charge in [0.2, 0.25) is 0 Å². The Morgan fingerprint density at radius 3 is 2.40 bits per heavy atom. The molecule has 1 aliphatic rings. The number of carbonyl (C=O) groups is 1. The number of benzene rings is 1. The summed E-state index contributed by atoms with van der Waals surface area (Å²) in [6.45, 7) is 0. The molecule has 1 amide bonds. The van der Waals surface area contributed by atoms with Crippen molar-refractivity contribution in [3.8, 4) is 5.75 Å². The van der Waals surface area contributed by atoms with Crippen LogP contribution >= 0.6 is 11.6 Å². The standard InChI is InChI=1S/C10H7ClF3NO4S/c1-19-5-2-6(10(12,13)14)8-7(3-5)20(17,18)15(4-11)9(8)16/h2-3H,4H2,1H3. The lowest BCUT2D eigenvalue weighted by atomic mass is 10.1. The first-order valence-corrected chi connectivity index (χ1v) is 7.04. The van der Waals surface area contributed by atoms with Gasteiger partial charge in [-0.15, -0.1) is 11.6 Å². The Morgan fingerprint density at radius 1 is 1.35 bits per heavy atom. The third kappa shape index (κ3) is 2.01. The molecule has 0 aromatic heterocycles. The molecule has 0 unspecified atom stereocenters. The van der Waals surface area contributed by atoms with Crippen LogP contribution in [-0.2, 0) is 16.2 Å². The molecule has 0 aliphatic carbocycles. The molecule has 1 aromatic carbocycles. The summed E-state index contributed by atoms with van der Waals surface area (Å²) < 4.78 is 67.6. The van der Waals surface area contributed by atoms with Gasteiger partial charge in [-0.1, -0.05) is 0 Å². The zero-order valence-corrected chi connectivity index (χ0v) is 11.4. The van der Waals surface area contributed by atoms with Crippen molar-refractivity contribution in [2.45, 2.75) is 11.1 Å². The predicted octanol–water partition coefficient (Wildman–Crippen LogP) is 2.05. The van der Waals surface area contributed by atoms with Crippen molar-refractivity contribution in [2.75, 3.05) is 13.1 Å². The number of halogens is 4. The van der Waals surface area contributed by atoms with Crippen LogP contribution in [0.5, 0.6) is 5.75 Å². The van der Waals surface area contributed by atoms with Crippen molar-refractivity contribution in [3.63, 3.8) is 0 Å². The topological polar surface area (TPSA) is 63.7 Å². The van der Waals surface area contributed by atoms with Gasteiger partial charge in [0.25, 0.3) is 15.9 Å². The molecule has 0 fully saturated rings. The first-order chi connectivity index (χ1) is 9.14. The largest absolute Gasteiger partial charge is 0.497 e. The van der Waals surface area contributed by atoms with Crippen molar-refractivity contribution in [1.29, 1.82) is 0 Å². The van der Waals surface area contributed by atoms with E-state index in [2.05, 4.69) is 4.74 Å². The van der Waals surface area contributed by atoms with E-state index < -0.39 is 44.1 Å². The van der Waals surface area contributed by atoms with Gasteiger partial charge >= 0.3 is 6.18 Å². The highest BCUT2D eigenvalue weighted by molar-refractivity contribution is 7.90. The van der Waals surface area contributed by atoms with Crippen LogP contribution in [0.2, 0.25) is 0 Å². The molecule has 0 radical (unpaired) electrons. The molecule has 0 N–H and O–H groups in total. The molecule has 0 bridgehead atoms. The molecular weight excluding hydrogens is 323 g/mol. The van der Waals surface area contributed by atoms with Gasteiger partial charge in [0.05, 0.1) is 18.2 Å². The van der Waals surface area contributed by atoms with Crippen LogP contribution in [0.1, 0.15) is 15.9 Å². The Balaban J connectivity index is 2.86. The van der Waals surface area contributed by atoms with Crippen LogP contribution in [0, 0.1) is 0 Å². The molecule has 10 heteroatoms. The first kappa shape index (κ1) is 14.9. The molecule has 110 valence electrons. The Hall–Kier alpha value is -1.48. The zero-order valence-electron chi connectivity index (χ0n) is 9.86. The van der Waals surface area contributed by atoms with Crippen molar-refractivity contribution >= 4 is 27.5 Å². The van der Waals surface area contributed by atoms with Gasteiger partial charge in [0, 0.05) is 6.07 Å². The fraction of sp³-hybridized carbons (Fsp3) is 0.300. The van der Waals surface area contributed by atoms with E-state index in [-0.39, 0.29) is 10.1 Å². The van der Waals surface area contributed by atoms with Gasteiger partial charge < -0.3 is 4.74 Å². The van der Waals surface area contributed by atoms with E-state index in [9.17, 15) is 26.4 Å². The van der Waals surface area contributed by atoms with Crippen LogP contribution in [0.3, 0.4) is 0 Å². The number of methoxy groups -OCH3 is 1. The molecule has 1 heterocycles. The van der Waals surface area contributed by atoms with Crippen LogP contribution in [0.25, 0.3) is 0 Å². The van der Waals surface area contributed by atoms with E-state index in [0.29, 0.717) is 6.07 Å². The number of alkyl halides is 4. The molecule has 0 atom stereocenters. The number of hydrogen-bond donors (Lipinski definition) is 0. The molecule has 0 saturated carbocycles. The highest BCUT2D eigenvalue weighted by Crippen LogP contribution is 2.42. The molecule has 2 rings (SSSR count). The number of fused-ring (bicyclic) bond motifs is 1. The van der Waals surface area contributed by atoms with E-state index in [1.54, 1.807) is 0 Å². The summed E-state index contributed by atoms with van der Waals surface area (Å²) in [7, 11) is -3.30. The second-order valence-electron chi connectivity index (χ2n) is 3.82. The second-order valence-corrected chi connectivity index (χ2v) is 5.89. The van der Waals surface area contributed by atoms with Crippen molar-refractivity contribution < 1.29 is 31.1 Å². The van der Waals surface area contributed by atoms with Gasteiger partial charge in [-0.05, 0) is 6.07 Å². The Labute approximate surface area is 116 Å². The van der Waals surface area contributed by atoms with E-state index in [1.807, 2.05) is 0 Å². The quantitative estimate of drug-likeness (QED) is 0.615. The van der Waals surface area contributed by atoms with Crippen LogP contribution < -0.4 is 4.74 Å². The van der Waals surface area contributed by atoms with E-state index in [1.165, 1.54) is 0 Å². The minimum absolute atomic E-state index is 0.175. The highest BCUT2D eigenvalue weighted by Gasteiger charge is 2.48. The fourth-order valence-corrected chi connectivity index (χ4v) is 3.72. The van der Waals surface area contributed by atoms with Crippen LogP contribution in [0.15, 0.2) is 17.0 Å². The monoisotopic (exact) mass is 329 g/mol. The number of nitrogens with zero attached hydrogens (tertiary/aromatic N) is 1. The Kier molecular flexibility index (Phi) is 3.37. The maximum Gasteiger partial charge on any atom is 0.417 e. The van der Waals surface area contributed by atoms with Crippen LogP contribution in [-0.4, -0.2) is 31.7 Å². The molecule has 1 aliphatic heterocycles. The summed E-state index contributed by atoms with van der Waals surface area (Å²) in [6, 6.07) is 0.670. The molecule has 0 spiro atoms. The SMILES string of the molecule is COc1cc(C(F)(F)F)c2c(c1)S(=O)(=O)N(CCl)C2=O. The lowest BCUT2D eigenvalue weighted by Gasteiger charge is -2.11. The minimum Gasteiger partial charge on any atom is -0.497 e. The average molecular weight is 330 g/mol. The first-order valence-electron chi connectivity index (χ1n) is 5.07. The summed E-state index contributed by atoms with van der Waals surface area (Å²) >= 11 is 5.33. The minimum atomic E-state index is -4.90. The maximum atomic E-state index is 13.0. The molecule has 0 saturated heterocycles. The van der Waals surface area contributed by atoms with Gasteiger partial charge in [-0.25, -0.2) is 12.7 Å². The van der Waals surface area contributed by atoms with E-state index >= 15 is 0 Å². The van der Waals surface area contributed by atoms with E-state index in [4.69, 9.17) is 11.6 Å². The van der Waals surface area contributed by atoms with Crippen molar-refractivity contribution in [3.05, 3.63) is 23.3 Å². The second kappa shape index (κ2) is 4.52. The van der Waals surface area contributed by atoms with Gasteiger partial charge in [-0.3, -0.25) is 4.79 Å². The van der Waals surface area contributed by atoms with E-state index in [0.717, 1.165) is 13.2 Å². The molecule has 20 heavy (non-hydrogen) atoms. The highest BCUT2D eigenvalue weighted by atomic mass is 35.5. The molecule has 1 aromatic rings. The van der Waals surface area contributed by atoms with Gasteiger partial charge in [0.1, 0.15) is 16.6 Å². The predicted molar refractivity (Wildman–Crippen MR) is 62.1 cm³/mol. The van der Waals surface area contributed by atoms with Crippen molar-refractivity contribution in [2.24, 2.45) is 0 Å². The van der Waals surface area contributed by atoms with Crippen molar-refractivity contribution in [1.82, 2.24) is 4.31 Å². The summed E-state index contributed by atoms with van der Waals surface area (Å²) in [6.07, 6.45) is -4.90. The number of hydrogen-bond acceptors (Lipinski definition) is 4. The summed E-state index contributed by atoms with van der Waals surface area (Å²) in [4.78, 5) is 11.1. The Bertz CT molecular complexity index is 686. The number of amides is 1. The van der Waals surface area contributed by atoms with Gasteiger partial charge in [-0.2, -0.15) is 13.2 Å². The molecular formula is C10H7ClF3NO4S. The third-order valence-corrected chi connectivity index (χ3v) is 4.87. The number of rotatable bonds is 2. The number of sulfonamides is 1. The lowest BCUT2D eigenvalue weighted by molar-refractivity contribution is -0.138. The van der Waals surface area contributed by atoms with Gasteiger partial charge in [0.15, 0.2) is 0 Å². The molecule has 5 nitrogen and oxygen atoms in total. The number of ether oxygens (including phenoxy) is 1. The summed E-state index contributed by atoms with van der Waals surface area (Å²) in [5, 5.41) is 0. The lowest BCUT2D eigenvalue weighted by Crippen LogP contribution is -2.29. The summed E-state index contributed by atoms with van der Waals surface area (Å²) in [5.41, 5.74) is -2.30. The maximum absolute atomic E-state index is 13.0. The number of carbonyl (C=O) groups excluding carboxylic acids is 1. The Morgan fingerprint density at radius 2 is 1.95 bits per heavy atom.